The number of ether oxygens (including phenoxy) is 1. The van der Waals surface area contributed by atoms with E-state index in [-0.39, 0.29) is 12.4 Å². The Hall–Kier alpha value is -0.670. The van der Waals surface area contributed by atoms with E-state index in [4.69, 9.17) is 10.5 Å². The Bertz CT molecular complexity index is 155. The first-order valence-electron chi connectivity index (χ1n) is 4.16. The van der Waals surface area contributed by atoms with Gasteiger partial charge in [-0.1, -0.05) is 19.1 Å². The van der Waals surface area contributed by atoms with Crippen molar-refractivity contribution in [2.75, 3.05) is 19.8 Å². The van der Waals surface area contributed by atoms with Crippen molar-refractivity contribution in [2.45, 2.75) is 19.8 Å². The number of Topliss-reactive ketones (excluding diaryl/α,β-unsaturated/α-hetero) is 1. The van der Waals surface area contributed by atoms with Crippen LogP contribution >= 0.6 is 0 Å². The molecule has 0 aromatic carbocycles. The molecule has 3 heteroatoms. The Kier molecular flexibility index (Phi) is 6.61. The van der Waals surface area contributed by atoms with Gasteiger partial charge in [-0.15, -0.1) is 0 Å². The molecule has 0 saturated heterocycles. The molecule has 2 N–H and O–H groups in total. The van der Waals surface area contributed by atoms with Crippen LogP contribution in [0.2, 0.25) is 0 Å². The number of hydrogen-bond acceptors (Lipinski definition) is 3. The van der Waals surface area contributed by atoms with Crippen LogP contribution < -0.4 is 5.73 Å². The van der Waals surface area contributed by atoms with Crippen LogP contribution in [0.25, 0.3) is 0 Å². The average Bonchev–Trinajstić information content (AvgIpc) is 2.05. The molecule has 0 spiro atoms. The molecule has 0 radical (unpaired) electrons. The largest absolute Gasteiger partial charge is 0.372 e. The summed E-state index contributed by atoms with van der Waals surface area (Å²) < 4.78 is 4.97. The monoisotopic (exact) mass is 171 g/mol. The summed E-state index contributed by atoms with van der Waals surface area (Å²) in [6, 6.07) is 0. The zero-order valence-corrected chi connectivity index (χ0v) is 7.64. The maximum absolute atomic E-state index is 11.1. The number of allylic oxidation sites excluding steroid dienone is 1. The van der Waals surface area contributed by atoms with Crippen LogP contribution in [0.4, 0.5) is 0 Å². The molecule has 3 nitrogen and oxygen atoms in total. The van der Waals surface area contributed by atoms with E-state index >= 15 is 0 Å². The maximum atomic E-state index is 11.1. The van der Waals surface area contributed by atoms with Gasteiger partial charge in [-0.3, -0.25) is 4.79 Å². The third-order valence-electron chi connectivity index (χ3n) is 1.47. The van der Waals surface area contributed by atoms with Crippen molar-refractivity contribution < 1.29 is 9.53 Å². The summed E-state index contributed by atoms with van der Waals surface area (Å²) in [4.78, 5) is 11.1. The van der Waals surface area contributed by atoms with Gasteiger partial charge in [0.2, 0.25) is 0 Å². The minimum absolute atomic E-state index is 0.0790. The van der Waals surface area contributed by atoms with Gasteiger partial charge in [-0.05, 0) is 6.42 Å². The fraction of sp³-hybridized carbons (Fsp3) is 0.667. The molecule has 0 aliphatic heterocycles. The highest BCUT2D eigenvalue weighted by Crippen LogP contribution is 2.02. The van der Waals surface area contributed by atoms with Gasteiger partial charge in [-0.25, -0.2) is 0 Å². The quantitative estimate of drug-likeness (QED) is 0.457. The van der Waals surface area contributed by atoms with Crippen LogP contribution in [0.5, 0.6) is 0 Å². The van der Waals surface area contributed by atoms with Crippen molar-refractivity contribution in [3.05, 3.63) is 12.2 Å². The Morgan fingerprint density at radius 3 is 2.75 bits per heavy atom. The molecule has 0 rings (SSSR count). The van der Waals surface area contributed by atoms with Crippen LogP contribution in [0.15, 0.2) is 12.2 Å². The van der Waals surface area contributed by atoms with E-state index in [2.05, 4.69) is 6.58 Å². The van der Waals surface area contributed by atoms with Crippen molar-refractivity contribution in [1.82, 2.24) is 0 Å². The summed E-state index contributed by atoms with van der Waals surface area (Å²) in [5.41, 5.74) is 6.14. The van der Waals surface area contributed by atoms with E-state index < -0.39 is 0 Å². The van der Waals surface area contributed by atoms with E-state index in [1.54, 1.807) is 0 Å². The molecule has 0 aromatic rings. The zero-order chi connectivity index (χ0) is 9.40. The molecule has 0 unspecified atom stereocenters. The second-order valence-corrected chi connectivity index (χ2v) is 2.66. The summed E-state index contributed by atoms with van der Waals surface area (Å²) in [6.45, 7) is 6.79. The summed E-state index contributed by atoms with van der Waals surface area (Å²) in [5, 5.41) is 0. The molecule has 0 atom stereocenters. The number of nitrogens with two attached hydrogens (primary N) is 1. The smallest absolute Gasteiger partial charge is 0.162 e. The van der Waals surface area contributed by atoms with Gasteiger partial charge >= 0.3 is 0 Å². The van der Waals surface area contributed by atoms with Gasteiger partial charge in [-0.2, -0.15) is 0 Å². The Morgan fingerprint density at radius 1 is 1.58 bits per heavy atom. The molecule has 0 fully saturated rings. The van der Waals surface area contributed by atoms with Crippen LogP contribution in [0, 0.1) is 0 Å². The lowest BCUT2D eigenvalue weighted by Crippen LogP contribution is -2.14. The molecular formula is C9H17NO2. The van der Waals surface area contributed by atoms with Gasteiger partial charge in [0.15, 0.2) is 5.78 Å². The lowest BCUT2D eigenvalue weighted by atomic mass is 10.1. The number of ketones is 1. The molecule has 0 bridgehead atoms. The molecule has 0 aliphatic rings. The average molecular weight is 171 g/mol. The Morgan fingerprint density at radius 2 is 2.25 bits per heavy atom. The number of hydrogen-bond donors (Lipinski definition) is 1. The van der Waals surface area contributed by atoms with Crippen molar-refractivity contribution >= 4 is 5.78 Å². The van der Waals surface area contributed by atoms with E-state index in [9.17, 15) is 4.79 Å². The Labute approximate surface area is 73.6 Å². The molecule has 0 amide bonds. The summed E-state index contributed by atoms with van der Waals surface area (Å²) in [6.07, 6.45) is 1.28. The number of rotatable bonds is 7. The minimum Gasteiger partial charge on any atom is -0.372 e. The Balaban J connectivity index is 3.40. The first kappa shape index (κ1) is 11.3. The SMILES string of the molecule is C=C(CC)CC(=O)COCCN. The molecule has 0 saturated carbocycles. The van der Waals surface area contributed by atoms with Crippen LogP contribution in [0.1, 0.15) is 19.8 Å². The minimum atomic E-state index is 0.0790. The van der Waals surface area contributed by atoms with Gasteiger partial charge in [0.25, 0.3) is 0 Å². The normalized spacial score (nSPS) is 9.83. The molecule has 0 aromatic heterocycles. The van der Waals surface area contributed by atoms with Crippen LogP contribution in [-0.4, -0.2) is 25.5 Å². The maximum Gasteiger partial charge on any atom is 0.162 e. The van der Waals surface area contributed by atoms with Crippen LogP contribution in [0.3, 0.4) is 0 Å². The predicted molar refractivity (Wildman–Crippen MR) is 48.9 cm³/mol. The first-order chi connectivity index (χ1) is 5.70. The van der Waals surface area contributed by atoms with E-state index in [1.165, 1.54) is 0 Å². The molecule has 0 heterocycles. The highest BCUT2D eigenvalue weighted by atomic mass is 16.5. The fourth-order valence-electron chi connectivity index (χ4n) is 0.724. The topological polar surface area (TPSA) is 52.3 Å². The summed E-state index contributed by atoms with van der Waals surface area (Å²) in [7, 11) is 0. The van der Waals surface area contributed by atoms with E-state index in [0.29, 0.717) is 19.6 Å². The van der Waals surface area contributed by atoms with Crippen LogP contribution in [-0.2, 0) is 9.53 Å². The fourth-order valence-corrected chi connectivity index (χ4v) is 0.724. The van der Waals surface area contributed by atoms with Gasteiger partial charge in [0.05, 0.1) is 6.61 Å². The van der Waals surface area contributed by atoms with Crippen molar-refractivity contribution in [3.8, 4) is 0 Å². The highest BCUT2D eigenvalue weighted by Gasteiger charge is 2.02. The lowest BCUT2D eigenvalue weighted by Gasteiger charge is -2.02. The second-order valence-electron chi connectivity index (χ2n) is 2.66. The van der Waals surface area contributed by atoms with Gasteiger partial charge < -0.3 is 10.5 Å². The first-order valence-corrected chi connectivity index (χ1v) is 4.16. The van der Waals surface area contributed by atoms with E-state index in [1.807, 2.05) is 6.92 Å². The second kappa shape index (κ2) is 7.00. The molecule has 70 valence electrons. The summed E-state index contributed by atoms with van der Waals surface area (Å²) >= 11 is 0. The third kappa shape index (κ3) is 6.07. The van der Waals surface area contributed by atoms with Crippen molar-refractivity contribution in [3.63, 3.8) is 0 Å². The lowest BCUT2D eigenvalue weighted by molar-refractivity contribution is -0.122. The zero-order valence-electron chi connectivity index (χ0n) is 7.64. The van der Waals surface area contributed by atoms with Crippen molar-refractivity contribution in [2.24, 2.45) is 5.73 Å². The van der Waals surface area contributed by atoms with Crippen molar-refractivity contribution in [1.29, 1.82) is 0 Å². The molecular weight excluding hydrogens is 154 g/mol. The molecule has 0 aliphatic carbocycles. The third-order valence-corrected chi connectivity index (χ3v) is 1.47. The standard InChI is InChI=1S/C9H17NO2/c1-3-8(2)6-9(11)7-12-5-4-10/h2-7,10H2,1H3. The van der Waals surface area contributed by atoms with Gasteiger partial charge in [0, 0.05) is 13.0 Å². The van der Waals surface area contributed by atoms with Gasteiger partial charge in [0.1, 0.15) is 6.61 Å². The molecule has 12 heavy (non-hydrogen) atoms. The number of carbonyl (C=O) groups is 1. The summed E-state index contributed by atoms with van der Waals surface area (Å²) in [5.74, 6) is 0.0790. The van der Waals surface area contributed by atoms with E-state index in [0.717, 1.165) is 12.0 Å². The predicted octanol–water partition coefficient (Wildman–Crippen LogP) is 0.887. The highest BCUT2D eigenvalue weighted by molar-refractivity contribution is 5.81. The number of carbonyl (C=O) groups excluding carboxylic acids is 1.